The van der Waals surface area contributed by atoms with E-state index in [1.165, 1.54) is 6.33 Å². The molecule has 0 spiro atoms. The van der Waals surface area contributed by atoms with Crippen LogP contribution in [0.5, 0.6) is 0 Å². The van der Waals surface area contributed by atoms with Crippen LogP contribution in [0.15, 0.2) is 29.3 Å². The Hall–Kier alpha value is -3.22. The fourth-order valence-electron chi connectivity index (χ4n) is 4.30. The molecule has 3 aromatic rings. The highest BCUT2D eigenvalue weighted by molar-refractivity contribution is 6.35. The van der Waals surface area contributed by atoms with Gasteiger partial charge in [-0.3, -0.25) is 9.36 Å². The van der Waals surface area contributed by atoms with E-state index in [1.807, 2.05) is 4.90 Å². The summed E-state index contributed by atoms with van der Waals surface area (Å²) in [7, 11) is 1.65. The van der Waals surface area contributed by atoms with Gasteiger partial charge in [0.1, 0.15) is 29.6 Å². The smallest absolute Gasteiger partial charge is 0.263 e. The Labute approximate surface area is 183 Å². The summed E-state index contributed by atoms with van der Waals surface area (Å²) in [5, 5.41) is 10.5. The van der Waals surface area contributed by atoms with Crippen LogP contribution in [0.25, 0.3) is 10.9 Å². The molecule has 2 aromatic heterocycles. The lowest BCUT2D eigenvalue weighted by Gasteiger charge is -2.28. The molecule has 3 heterocycles. The molecule has 0 amide bonds. The summed E-state index contributed by atoms with van der Waals surface area (Å²) in [6, 6.07) is 7.16. The Morgan fingerprint density at radius 2 is 2.13 bits per heavy atom. The number of rotatable bonds is 4. The molecule has 2 N–H and O–H groups in total. The van der Waals surface area contributed by atoms with Gasteiger partial charge in [0.05, 0.1) is 28.1 Å². The van der Waals surface area contributed by atoms with Crippen LogP contribution in [0.3, 0.4) is 0 Å². The van der Waals surface area contributed by atoms with Crippen molar-refractivity contribution < 1.29 is 4.74 Å². The van der Waals surface area contributed by atoms with E-state index in [-0.39, 0.29) is 35.1 Å². The molecule has 10 heteroatoms. The number of nitriles is 1. The van der Waals surface area contributed by atoms with E-state index in [4.69, 9.17) is 27.1 Å². The lowest BCUT2D eigenvalue weighted by molar-refractivity contribution is 0.118. The molecule has 0 bridgehead atoms. The number of hydrogen-bond donors (Lipinski definition) is 1. The summed E-state index contributed by atoms with van der Waals surface area (Å²) in [5.41, 5.74) is 6.55. The van der Waals surface area contributed by atoms with Crippen LogP contribution < -0.4 is 16.2 Å². The lowest BCUT2D eigenvalue weighted by atomic mass is 10.1. The fourth-order valence-corrected chi connectivity index (χ4v) is 4.55. The summed E-state index contributed by atoms with van der Waals surface area (Å²) < 4.78 is 7.40. The maximum atomic E-state index is 13.5. The summed E-state index contributed by atoms with van der Waals surface area (Å²) in [5.74, 6) is 1.16. The Kier molecular flexibility index (Phi) is 4.76. The van der Waals surface area contributed by atoms with Gasteiger partial charge in [-0.15, -0.1) is 0 Å². The predicted molar refractivity (Wildman–Crippen MR) is 116 cm³/mol. The SMILES string of the molecule is CO[C@H]1C[C@@H](c2nc3cccc(Cl)c3c(=O)n2C2CC2)N(c2ncnc(N)c2C#N)C1. The van der Waals surface area contributed by atoms with Crippen LogP contribution in [0.2, 0.25) is 5.02 Å². The third-order valence-electron chi connectivity index (χ3n) is 5.95. The minimum atomic E-state index is -0.317. The second kappa shape index (κ2) is 7.48. The van der Waals surface area contributed by atoms with Gasteiger partial charge in [0.2, 0.25) is 0 Å². The first-order chi connectivity index (χ1) is 15.0. The molecule has 31 heavy (non-hydrogen) atoms. The maximum absolute atomic E-state index is 13.5. The van der Waals surface area contributed by atoms with Crippen LogP contribution in [0, 0.1) is 11.3 Å². The number of ether oxygens (including phenoxy) is 1. The second-order valence-electron chi connectivity index (χ2n) is 7.84. The highest BCUT2D eigenvalue weighted by Crippen LogP contribution is 2.42. The number of aromatic nitrogens is 4. The van der Waals surface area contributed by atoms with E-state index in [2.05, 4.69) is 16.0 Å². The van der Waals surface area contributed by atoms with Gasteiger partial charge in [-0.2, -0.15) is 5.26 Å². The summed E-state index contributed by atoms with van der Waals surface area (Å²) in [6.07, 6.45) is 3.64. The summed E-state index contributed by atoms with van der Waals surface area (Å²) >= 11 is 6.35. The lowest BCUT2D eigenvalue weighted by Crippen LogP contribution is -2.33. The van der Waals surface area contributed by atoms with Crippen molar-refractivity contribution in [2.45, 2.75) is 37.5 Å². The molecule has 1 aliphatic heterocycles. The second-order valence-corrected chi connectivity index (χ2v) is 8.25. The first-order valence-corrected chi connectivity index (χ1v) is 10.4. The highest BCUT2D eigenvalue weighted by atomic mass is 35.5. The van der Waals surface area contributed by atoms with Gasteiger partial charge in [0.15, 0.2) is 5.82 Å². The molecule has 1 aromatic carbocycles. The van der Waals surface area contributed by atoms with Gasteiger partial charge >= 0.3 is 0 Å². The maximum Gasteiger partial charge on any atom is 0.263 e. The average molecular weight is 438 g/mol. The molecule has 2 aliphatic rings. The zero-order valence-electron chi connectivity index (χ0n) is 16.8. The molecule has 158 valence electrons. The predicted octanol–water partition coefficient (Wildman–Crippen LogP) is 2.60. The van der Waals surface area contributed by atoms with E-state index in [9.17, 15) is 10.1 Å². The van der Waals surface area contributed by atoms with Crippen LogP contribution in [0.4, 0.5) is 11.6 Å². The Balaban J connectivity index is 1.73. The van der Waals surface area contributed by atoms with Crippen LogP contribution >= 0.6 is 11.6 Å². The topological polar surface area (TPSA) is 123 Å². The first kappa shape index (κ1) is 19.7. The fraction of sp³-hybridized carbons (Fsp3) is 0.381. The summed E-state index contributed by atoms with van der Waals surface area (Å²) in [4.78, 5) is 28.6. The van der Waals surface area contributed by atoms with Gasteiger partial charge in [0, 0.05) is 26.1 Å². The summed E-state index contributed by atoms with van der Waals surface area (Å²) in [6.45, 7) is 0.487. The zero-order chi connectivity index (χ0) is 21.7. The van der Waals surface area contributed by atoms with Crippen molar-refractivity contribution in [3.63, 3.8) is 0 Å². The van der Waals surface area contributed by atoms with Gasteiger partial charge < -0.3 is 15.4 Å². The van der Waals surface area contributed by atoms with Gasteiger partial charge in [-0.05, 0) is 25.0 Å². The van der Waals surface area contributed by atoms with Crippen molar-refractivity contribution in [1.82, 2.24) is 19.5 Å². The molecule has 1 saturated carbocycles. The minimum absolute atomic E-state index is 0.0880. The number of methoxy groups -OCH3 is 1. The molecule has 1 saturated heterocycles. The third kappa shape index (κ3) is 3.19. The van der Waals surface area contributed by atoms with E-state index in [0.29, 0.717) is 40.5 Å². The average Bonchev–Trinajstić information content (AvgIpc) is 3.50. The zero-order valence-corrected chi connectivity index (χ0v) is 17.6. The Morgan fingerprint density at radius 1 is 1.32 bits per heavy atom. The number of nitrogens with two attached hydrogens (primary N) is 1. The molecule has 5 rings (SSSR count). The van der Waals surface area contributed by atoms with Gasteiger partial charge in [0.25, 0.3) is 5.56 Å². The van der Waals surface area contributed by atoms with E-state index >= 15 is 0 Å². The normalized spacial score (nSPS) is 20.9. The number of anilines is 2. The number of benzene rings is 1. The van der Waals surface area contributed by atoms with Crippen molar-refractivity contribution in [3.05, 3.63) is 51.3 Å². The van der Waals surface area contributed by atoms with E-state index < -0.39 is 0 Å². The molecular weight excluding hydrogens is 418 g/mol. The molecule has 1 aliphatic carbocycles. The van der Waals surface area contributed by atoms with Gasteiger partial charge in [-0.25, -0.2) is 15.0 Å². The van der Waals surface area contributed by atoms with Crippen LogP contribution in [-0.4, -0.2) is 39.3 Å². The number of nitrogen functional groups attached to an aromatic ring is 1. The van der Waals surface area contributed by atoms with Crippen molar-refractivity contribution in [1.29, 1.82) is 5.26 Å². The number of halogens is 1. The largest absolute Gasteiger partial charge is 0.382 e. The third-order valence-corrected chi connectivity index (χ3v) is 6.27. The van der Waals surface area contributed by atoms with Crippen LogP contribution in [0.1, 0.15) is 42.7 Å². The number of nitrogens with zero attached hydrogens (tertiary/aromatic N) is 6. The molecule has 9 nitrogen and oxygen atoms in total. The highest BCUT2D eigenvalue weighted by Gasteiger charge is 2.41. The van der Waals surface area contributed by atoms with E-state index in [1.54, 1.807) is 29.9 Å². The van der Waals surface area contributed by atoms with Crippen molar-refractivity contribution >= 4 is 34.1 Å². The molecule has 0 radical (unpaired) electrons. The van der Waals surface area contributed by atoms with Crippen molar-refractivity contribution in [2.24, 2.45) is 0 Å². The first-order valence-electron chi connectivity index (χ1n) is 10.0. The Bertz CT molecular complexity index is 1280. The monoisotopic (exact) mass is 437 g/mol. The molecule has 2 atom stereocenters. The Morgan fingerprint density at radius 3 is 2.84 bits per heavy atom. The minimum Gasteiger partial charge on any atom is -0.382 e. The quantitative estimate of drug-likeness (QED) is 0.660. The van der Waals surface area contributed by atoms with E-state index in [0.717, 1.165) is 12.8 Å². The molecule has 2 fully saturated rings. The van der Waals surface area contributed by atoms with Crippen LogP contribution in [-0.2, 0) is 4.74 Å². The standard InChI is InChI=1S/C21H20ClN7O2/c1-31-12-7-16(28(9-12)19-13(8-23)18(24)25-10-26-19)20-27-15-4-2-3-14(22)17(15)21(30)29(20)11-5-6-11/h2-4,10-12,16H,5-7,9H2,1H3,(H2,24,25,26)/t12-,16-/m0/s1. The van der Waals surface area contributed by atoms with Crippen molar-refractivity contribution in [2.75, 3.05) is 24.3 Å². The van der Waals surface area contributed by atoms with Crippen molar-refractivity contribution in [3.8, 4) is 6.07 Å². The van der Waals surface area contributed by atoms with Gasteiger partial charge in [-0.1, -0.05) is 17.7 Å². The number of fused-ring (bicyclic) bond motifs is 1. The molecular formula is C21H20ClN7O2. The molecule has 0 unspecified atom stereocenters. The number of hydrogen-bond acceptors (Lipinski definition) is 8.